The molecule has 1 N–H and O–H groups in total. The van der Waals surface area contributed by atoms with E-state index in [1.165, 1.54) is 12.7 Å². The van der Waals surface area contributed by atoms with Crippen LogP contribution in [0.15, 0.2) is 71.6 Å². The lowest BCUT2D eigenvalue weighted by molar-refractivity contribution is -0.120. The first kappa shape index (κ1) is 27.3. The summed E-state index contributed by atoms with van der Waals surface area (Å²) in [6.07, 6.45) is 0. The van der Waals surface area contributed by atoms with Crippen LogP contribution in [-0.4, -0.2) is 28.0 Å². The van der Waals surface area contributed by atoms with Crippen molar-refractivity contribution < 1.29 is 17.9 Å². The Balaban J connectivity index is 1.92. The van der Waals surface area contributed by atoms with Gasteiger partial charge in [-0.15, -0.1) is 0 Å². The first-order chi connectivity index (χ1) is 16.8. The summed E-state index contributed by atoms with van der Waals surface area (Å²) in [6.45, 7) is 11.7. The summed E-state index contributed by atoms with van der Waals surface area (Å²) in [5, 5.41) is 2.95. The Kier molecular flexibility index (Phi) is 8.14. The molecule has 0 aliphatic heterocycles. The van der Waals surface area contributed by atoms with Crippen LogP contribution in [0.3, 0.4) is 0 Å². The number of benzene rings is 3. The van der Waals surface area contributed by atoms with Crippen LogP contribution in [0, 0.1) is 13.8 Å². The summed E-state index contributed by atoms with van der Waals surface area (Å²) in [5.41, 5.74) is 4.28. The molecule has 1 amide bonds. The first-order valence-electron chi connectivity index (χ1n) is 12.0. The number of aryl methyl sites for hydroxylation is 2. The highest BCUT2D eigenvalue weighted by atomic mass is 32.2. The number of anilines is 1. The number of amides is 1. The number of hydrogen-bond donors (Lipinski definition) is 1. The second-order valence-corrected chi connectivity index (χ2v) is 12.0. The molecule has 0 saturated carbocycles. The Morgan fingerprint density at radius 1 is 0.944 bits per heavy atom. The van der Waals surface area contributed by atoms with Crippen molar-refractivity contribution in [3.8, 4) is 5.75 Å². The van der Waals surface area contributed by atoms with Crippen LogP contribution in [0.5, 0.6) is 5.75 Å². The van der Waals surface area contributed by atoms with Crippen molar-refractivity contribution in [1.82, 2.24) is 5.32 Å². The van der Waals surface area contributed by atoms with Crippen molar-refractivity contribution in [2.24, 2.45) is 0 Å². The van der Waals surface area contributed by atoms with Crippen LogP contribution in [0.25, 0.3) is 0 Å². The number of hydrogen-bond acceptors (Lipinski definition) is 4. The predicted octanol–water partition coefficient (Wildman–Crippen LogP) is 5.68. The standard InChI is InChI=1S/C29H36N2O4S/c1-20-8-15-25(16-9-20)36(33,34)31(26-18-21(2)10-17-27(26)35-7)19-28(32)30-22(3)23-11-13-24(14-12-23)29(4,5)6/h8-18,22H,19H2,1-7H3,(H,30,32)/t22-/m0/s1. The molecule has 0 unspecified atom stereocenters. The number of carbonyl (C=O) groups excluding carboxylic acids is 1. The van der Waals surface area contributed by atoms with Gasteiger partial charge >= 0.3 is 0 Å². The van der Waals surface area contributed by atoms with E-state index in [0.29, 0.717) is 11.4 Å². The van der Waals surface area contributed by atoms with Gasteiger partial charge in [0.05, 0.1) is 23.7 Å². The number of nitrogens with zero attached hydrogens (tertiary/aromatic N) is 1. The Bertz CT molecular complexity index is 1310. The Morgan fingerprint density at radius 3 is 2.08 bits per heavy atom. The molecule has 7 heteroatoms. The lowest BCUT2D eigenvalue weighted by atomic mass is 9.86. The summed E-state index contributed by atoms with van der Waals surface area (Å²) in [5.74, 6) is -0.0449. The third-order valence-electron chi connectivity index (χ3n) is 6.15. The minimum Gasteiger partial charge on any atom is -0.495 e. The molecule has 0 bridgehead atoms. The monoisotopic (exact) mass is 508 g/mol. The van der Waals surface area contributed by atoms with E-state index in [4.69, 9.17) is 4.74 Å². The number of methoxy groups -OCH3 is 1. The highest BCUT2D eigenvalue weighted by molar-refractivity contribution is 7.92. The van der Waals surface area contributed by atoms with E-state index in [2.05, 4.69) is 38.2 Å². The van der Waals surface area contributed by atoms with Crippen LogP contribution >= 0.6 is 0 Å². The number of carbonyl (C=O) groups is 1. The van der Waals surface area contributed by atoms with Gasteiger partial charge in [0, 0.05) is 0 Å². The molecule has 3 aromatic carbocycles. The van der Waals surface area contributed by atoms with Gasteiger partial charge in [-0.2, -0.15) is 0 Å². The molecule has 0 spiro atoms. The van der Waals surface area contributed by atoms with Crippen LogP contribution in [-0.2, 0) is 20.2 Å². The van der Waals surface area contributed by atoms with Gasteiger partial charge in [-0.3, -0.25) is 9.10 Å². The van der Waals surface area contributed by atoms with E-state index in [1.54, 1.807) is 36.4 Å². The molecular weight excluding hydrogens is 472 g/mol. The lowest BCUT2D eigenvalue weighted by Crippen LogP contribution is -2.41. The smallest absolute Gasteiger partial charge is 0.264 e. The molecule has 0 aliphatic carbocycles. The molecule has 6 nitrogen and oxygen atoms in total. The number of ether oxygens (including phenoxy) is 1. The van der Waals surface area contributed by atoms with E-state index < -0.39 is 15.9 Å². The Morgan fingerprint density at radius 2 is 1.53 bits per heavy atom. The van der Waals surface area contributed by atoms with E-state index >= 15 is 0 Å². The topological polar surface area (TPSA) is 75.7 Å². The molecular formula is C29H36N2O4S. The zero-order valence-electron chi connectivity index (χ0n) is 22.1. The van der Waals surface area contributed by atoms with Crippen LogP contribution in [0.1, 0.15) is 56.0 Å². The SMILES string of the molecule is COc1ccc(C)cc1N(CC(=O)N[C@@H](C)c1ccc(C(C)(C)C)cc1)S(=O)(=O)c1ccc(C)cc1. The van der Waals surface area contributed by atoms with Gasteiger partial charge in [0.15, 0.2) is 0 Å². The van der Waals surface area contributed by atoms with Gasteiger partial charge in [-0.05, 0) is 67.1 Å². The molecule has 0 heterocycles. The van der Waals surface area contributed by atoms with Gasteiger partial charge in [0.25, 0.3) is 10.0 Å². The van der Waals surface area contributed by atoms with Gasteiger partial charge in [-0.1, -0.05) is 68.8 Å². The van der Waals surface area contributed by atoms with Gasteiger partial charge in [0.1, 0.15) is 12.3 Å². The zero-order chi connectivity index (χ0) is 26.7. The Labute approximate surface area is 215 Å². The van der Waals surface area contributed by atoms with E-state index in [0.717, 1.165) is 21.0 Å². The zero-order valence-corrected chi connectivity index (χ0v) is 22.9. The summed E-state index contributed by atoms with van der Waals surface area (Å²) >= 11 is 0. The fraction of sp³-hybridized carbons (Fsp3) is 0.345. The molecule has 0 aromatic heterocycles. The minimum atomic E-state index is -4.05. The second kappa shape index (κ2) is 10.7. The van der Waals surface area contributed by atoms with E-state index in [-0.39, 0.29) is 22.9 Å². The summed E-state index contributed by atoms with van der Waals surface area (Å²) < 4.78 is 34.1. The van der Waals surface area contributed by atoms with Crippen LogP contribution < -0.4 is 14.4 Å². The molecule has 0 aliphatic rings. The molecule has 1 atom stereocenters. The highest BCUT2D eigenvalue weighted by Gasteiger charge is 2.30. The molecule has 0 radical (unpaired) electrons. The van der Waals surface area contributed by atoms with Crippen LogP contribution in [0.2, 0.25) is 0 Å². The average molecular weight is 509 g/mol. The molecule has 0 fully saturated rings. The third kappa shape index (κ3) is 6.26. The fourth-order valence-electron chi connectivity index (χ4n) is 3.90. The Hall–Kier alpha value is -3.32. The maximum atomic E-state index is 13.7. The summed E-state index contributed by atoms with van der Waals surface area (Å²) in [6, 6.07) is 19.7. The van der Waals surface area contributed by atoms with Crippen molar-refractivity contribution in [2.75, 3.05) is 18.0 Å². The molecule has 192 valence electrons. The molecule has 36 heavy (non-hydrogen) atoms. The van der Waals surface area contributed by atoms with Crippen molar-refractivity contribution >= 4 is 21.6 Å². The van der Waals surface area contributed by atoms with E-state index in [9.17, 15) is 13.2 Å². The lowest BCUT2D eigenvalue weighted by Gasteiger charge is -2.27. The second-order valence-electron chi connectivity index (χ2n) is 10.2. The minimum absolute atomic E-state index is 0.0305. The molecule has 3 aromatic rings. The van der Waals surface area contributed by atoms with Crippen molar-refractivity contribution in [3.63, 3.8) is 0 Å². The summed E-state index contributed by atoms with van der Waals surface area (Å²) in [7, 11) is -2.56. The van der Waals surface area contributed by atoms with Gasteiger partial charge < -0.3 is 10.1 Å². The average Bonchev–Trinajstić information content (AvgIpc) is 2.82. The first-order valence-corrected chi connectivity index (χ1v) is 13.4. The molecule has 0 saturated heterocycles. The maximum absolute atomic E-state index is 13.7. The number of sulfonamides is 1. The van der Waals surface area contributed by atoms with Gasteiger partial charge in [-0.25, -0.2) is 8.42 Å². The third-order valence-corrected chi connectivity index (χ3v) is 7.93. The molecule has 3 rings (SSSR count). The highest BCUT2D eigenvalue weighted by Crippen LogP contribution is 2.33. The van der Waals surface area contributed by atoms with Gasteiger partial charge in [0.2, 0.25) is 5.91 Å². The van der Waals surface area contributed by atoms with Crippen molar-refractivity contribution in [3.05, 3.63) is 89.0 Å². The predicted molar refractivity (Wildman–Crippen MR) is 145 cm³/mol. The maximum Gasteiger partial charge on any atom is 0.264 e. The van der Waals surface area contributed by atoms with Crippen LogP contribution in [0.4, 0.5) is 5.69 Å². The quantitative estimate of drug-likeness (QED) is 0.425. The van der Waals surface area contributed by atoms with Crippen molar-refractivity contribution in [2.45, 2.75) is 57.9 Å². The number of nitrogens with one attached hydrogen (secondary N) is 1. The fourth-order valence-corrected chi connectivity index (χ4v) is 5.33. The summed E-state index contributed by atoms with van der Waals surface area (Å²) in [4.78, 5) is 13.3. The number of rotatable bonds is 8. The largest absolute Gasteiger partial charge is 0.495 e. The normalized spacial score (nSPS) is 12.6. The van der Waals surface area contributed by atoms with Crippen molar-refractivity contribution in [1.29, 1.82) is 0 Å². The van der Waals surface area contributed by atoms with E-state index in [1.807, 2.05) is 39.0 Å².